The number of methoxy groups -OCH3 is 1. The number of benzene rings is 1. The van der Waals surface area contributed by atoms with Crippen LogP contribution in [0.1, 0.15) is 52.4 Å². The molecule has 4 fully saturated rings. The van der Waals surface area contributed by atoms with Gasteiger partial charge >= 0.3 is 0 Å². The highest BCUT2D eigenvalue weighted by Gasteiger charge is 2.53. The van der Waals surface area contributed by atoms with Crippen molar-refractivity contribution < 1.29 is 14.5 Å². The number of carbonyl (C=O) groups is 1. The molecule has 5 rings (SSSR count). The van der Waals surface area contributed by atoms with Crippen molar-refractivity contribution in [2.45, 2.75) is 64.5 Å². The monoisotopic (exact) mass is 401 g/mol. The third-order valence-corrected chi connectivity index (χ3v) is 7.55. The lowest BCUT2D eigenvalue weighted by molar-refractivity contribution is -0.384. The van der Waals surface area contributed by atoms with Crippen LogP contribution in [0.5, 0.6) is 5.75 Å². The lowest BCUT2D eigenvalue weighted by atomic mass is 9.48. The largest absolute Gasteiger partial charge is 0.494 e. The van der Waals surface area contributed by atoms with Crippen LogP contribution in [0.25, 0.3) is 0 Å². The molecule has 7 nitrogen and oxygen atoms in total. The highest BCUT2D eigenvalue weighted by atomic mass is 16.6. The van der Waals surface area contributed by atoms with E-state index in [1.807, 2.05) is 6.92 Å². The van der Waals surface area contributed by atoms with Crippen molar-refractivity contribution in [1.82, 2.24) is 5.32 Å². The predicted molar refractivity (Wildman–Crippen MR) is 111 cm³/mol. The van der Waals surface area contributed by atoms with Crippen molar-refractivity contribution in [2.75, 3.05) is 12.4 Å². The Bertz CT molecular complexity index is 774. The topological polar surface area (TPSA) is 93.5 Å². The van der Waals surface area contributed by atoms with E-state index in [9.17, 15) is 14.9 Å². The third kappa shape index (κ3) is 3.84. The van der Waals surface area contributed by atoms with Crippen molar-refractivity contribution in [1.29, 1.82) is 0 Å². The van der Waals surface area contributed by atoms with E-state index in [1.165, 1.54) is 63.8 Å². The fourth-order valence-electron chi connectivity index (χ4n) is 6.47. The van der Waals surface area contributed by atoms with Crippen molar-refractivity contribution in [3.8, 4) is 5.75 Å². The molecule has 2 N–H and O–H groups in total. The molecule has 0 saturated heterocycles. The van der Waals surface area contributed by atoms with Crippen LogP contribution < -0.4 is 15.4 Å². The highest BCUT2D eigenvalue weighted by Crippen LogP contribution is 2.61. The van der Waals surface area contributed by atoms with Gasteiger partial charge in [-0.3, -0.25) is 14.9 Å². The van der Waals surface area contributed by atoms with Crippen molar-refractivity contribution in [3.63, 3.8) is 0 Å². The van der Waals surface area contributed by atoms with E-state index in [-0.39, 0.29) is 29.4 Å². The van der Waals surface area contributed by atoms with Gasteiger partial charge in [0.2, 0.25) is 5.91 Å². The van der Waals surface area contributed by atoms with E-state index in [0.717, 1.165) is 17.8 Å². The summed E-state index contributed by atoms with van der Waals surface area (Å²) < 4.78 is 5.22. The molecule has 0 aromatic heterocycles. The molecule has 7 heteroatoms. The first kappa shape index (κ1) is 20.1. The molecule has 4 aliphatic carbocycles. The lowest BCUT2D eigenvalue weighted by Gasteiger charge is -2.59. The molecular formula is C22H31N3O4. The molecule has 0 aliphatic heterocycles. The average Bonchev–Trinajstić information content (AvgIpc) is 2.66. The molecule has 0 unspecified atom stereocenters. The van der Waals surface area contributed by atoms with Gasteiger partial charge in [-0.15, -0.1) is 0 Å². The maximum absolute atomic E-state index is 12.8. The van der Waals surface area contributed by atoms with E-state index >= 15 is 0 Å². The zero-order valence-corrected chi connectivity index (χ0v) is 17.4. The summed E-state index contributed by atoms with van der Waals surface area (Å²) in [5.74, 6) is 2.75. The van der Waals surface area contributed by atoms with Gasteiger partial charge in [0.1, 0.15) is 5.75 Å². The van der Waals surface area contributed by atoms with Gasteiger partial charge in [0, 0.05) is 12.1 Å². The molecular weight excluding hydrogens is 370 g/mol. The Hall–Kier alpha value is -2.15. The summed E-state index contributed by atoms with van der Waals surface area (Å²) >= 11 is 0. The molecule has 158 valence electrons. The van der Waals surface area contributed by atoms with Gasteiger partial charge in [-0.25, -0.2) is 0 Å². The Kier molecular flexibility index (Phi) is 5.27. The van der Waals surface area contributed by atoms with Gasteiger partial charge in [0.15, 0.2) is 0 Å². The number of non-ortho nitro benzene ring substituents is 1. The Morgan fingerprint density at radius 3 is 2.28 bits per heavy atom. The zero-order chi connectivity index (χ0) is 20.8. The summed E-state index contributed by atoms with van der Waals surface area (Å²) in [5, 5.41) is 17.4. The summed E-state index contributed by atoms with van der Waals surface area (Å²) in [5.41, 5.74) is 0.703. The normalized spacial score (nSPS) is 31.9. The number of hydrogen-bond acceptors (Lipinski definition) is 5. The first-order valence-electron chi connectivity index (χ1n) is 10.7. The Morgan fingerprint density at radius 1 is 1.17 bits per heavy atom. The fraction of sp³-hybridized carbons (Fsp3) is 0.682. The molecule has 2 atom stereocenters. The van der Waals surface area contributed by atoms with Crippen molar-refractivity contribution in [2.24, 2.45) is 23.2 Å². The van der Waals surface area contributed by atoms with Crippen LogP contribution >= 0.6 is 0 Å². The van der Waals surface area contributed by atoms with Gasteiger partial charge in [-0.05, 0) is 81.6 Å². The van der Waals surface area contributed by atoms with Crippen LogP contribution in [-0.2, 0) is 4.79 Å². The second kappa shape index (κ2) is 7.59. The minimum absolute atomic E-state index is 0.0681. The maximum atomic E-state index is 12.8. The number of nitro groups is 1. The molecule has 4 bridgehead atoms. The SMILES string of the molecule is COc1cc([N+](=O)[O-])ccc1NC(=O)[C@H](C)N[C@@H](C)C12CC3CC(CC(C3)C1)C2. The molecule has 0 spiro atoms. The summed E-state index contributed by atoms with van der Waals surface area (Å²) in [6.07, 6.45) is 8.08. The average molecular weight is 402 g/mol. The molecule has 1 amide bonds. The summed E-state index contributed by atoms with van der Waals surface area (Å²) in [6, 6.07) is 4.14. The van der Waals surface area contributed by atoms with E-state index in [2.05, 4.69) is 17.6 Å². The number of nitro benzene ring substituents is 1. The second-order valence-electron chi connectivity index (χ2n) is 9.52. The van der Waals surface area contributed by atoms with Crippen molar-refractivity contribution in [3.05, 3.63) is 28.3 Å². The standard InChI is InChI=1S/C22H31N3O4/c1-13(21(26)24-19-5-4-18(25(27)28)9-20(19)29-3)23-14(2)22-10-15-6-16(11-22)8-17(7-15)12-22/h4-5,9,13-17,23H,6-8,10-12H2,1-3H3,(H,24,26)/t13-,14-,15?,16?,17?,22?/m0/s1. The predicted octanol–water partition coefficient (Wildman–Crippen LogP) is 4.12. The van der Waals surface area contributed by atoms with Gasteiger partial charge in [0.25, 0.3) is 5.69 Å². The number of amides is 1. The Balaban J connectivity index is 1.40. The van der Waals surface area contributed by atoms with Crippen LogP contribution in [-0.4, -0.2) is 30.0 Å². The molecule has 29 heavy (non-hydrogen) atoms. The summed E-state index contributed by atoms with van der Waals surface area (Å²) in [4.78, 5) is 23.3. The highest BCUT2D eigenvalue weighted by molar-refractivity contribution is 5.96. The summed E-state index contributed by atoms with van der Waals surface area (Å²) in [7, 11) is 1.44. The quantitative estimate of drug-likeness (QED) is 0.529. The van der Waals surface area contributed by atoms with E-state index < -0.39 is 4.92 Å². The number of nitrogens with zero attached hydrogens (tertiary/aromatic N) is 1. The van der Waals surface area contributed by atoms with Gasteiger partial charge in [0.05, 0.1) is 29.8 Å². The minimum atomic E-state index is -0.481. The number of nitrogens with one attached hydrogen (secondary N) is 2. The van der Waals surface area contributed by atoms with Crippen LogP contribution in [0.3, 0.4) is 0 Å². The number of carbonyl (C=O) groups excluding carboxylic acids is 1. The van der Waals surface area contributed by atoms with Crippen molar-refractivity contribution >= 4 is 17.3 Å². The molecule has 4 saturated carbocycles. The molecule has 4 aliphatic rings. The molecule has 1 aromatic rings. The molecule has 1 aromatic carbocycles. The van der Waals surface area contributed by atoms with Crippen LogP contribution in [0.15, 0.2) is 18.2 Å². The third-order valence-electron chi connectivity index (χ3n) is 7.55. The number of rotatable bonds is 7. The maximum Gasteiger partial charge on any atom is 0.273 e. The van der Waals surface area contributed by atoms with E-state index in [4.69, 9.17) is 4.74 Å². The Morgan fingerprint density at radius 2 is 1.76 bits per heavy atom. The van der Waals surface area contributed by atoms with Gasteiger partial charge < -0.3 is 15.4 Å². The number of ether oxygens (including phenoxy) is 1. The zero-order valence-electron chi connectivity index (χ0n) is 17.4. The summed E-state index contributed by atoms with van der Waals surface area (Å²) in [6.45, 7) is 4.12. The second-order valence-corrected chi connectivity index (χ2v) is 9.52. The smallest absolute Gasteiger partial charge is 0.273 e. The van der Waals surface area contributed by atoms with Crippen LogP contribution in [0.4, 0.5) is 11.4 Å². The van der Waals surface area contributed by atoms with Gasteiger partial charge in [-0.1, -0.05) is 0 Å². The van der Waals surface area contributed by atoms with Gasteiger partial charge in [-0.2, -0.15) is 0 Å². The molecule has 0 heterocycles. The Labute approximate surface area is 171 Å². The number of hydrogen-bond donors (Lipinski definition) is 2. The first-order valence-corrected chi connectivity index (χ1v) is 10.7. The van der Waals surface area contributed by atoms with Crippen LogP contribution in [0.2, 0.25) is 0 Å². The minimum Gasteiger partial charge on any atom is -0.494 e. The lowest BCUT2D eigenvalue weighted by Crippen LogP contribution is -2.57. The van der Waals surface area contributed by atoms with Crippen LogP contribution in [0, 0.1) is 33.3 Å². The van der Waals surface area contributed by atoms with E-state index in [0.29, 0.717) is 11.1 Å². The fourth-order valence-corrected chi connectivity index (χ4v) is 6.47. The number of anilines is 1. The molecule has 0 radical (unpaired) electrons. The first-order chi connectivity index (χ1) is 13.8. The van der Waals surface area contributed by atoms with E-state index in [1.54, 1.807) is 0 Å².